The third-order valence-corrected chi connectivity index (χ3v) is 0.845. The van der Waals surface area contributed by atoms with E-state index in [1.54, 1.807) is 0 Å². The third kappa shape index (κ3) is 2.40. The number of hydrogen-bond donors (Lipinski definition) is 0. The summed E-state index contributed by atoms with van der Waals surface area (Å²) in [7, 11) is 0. The first-order chi connectivity index (χ1) is 3.48. The van der Waals surface area contributed by atoms with Crippen LogP contribution in [-0.4, -0.2) is 11.6 Å². The van der Waals surface area contributed by atoms with Crippen LogP contribution in [0.25, 0.3) is 0 Å². The summed E-state index contributed by atoms with van der Waals surface area (Å²) >= 11 is 4.24. The Kier molecular flexibility index (Phi) is 2.60. The van der Waals surface area contributed by atoms with Crippen LogP contribution in [0.15, 0.2) is 0 Å². The van der Waals surface area contributed by atoms with Crippen molar-refractivity contribution in [3.63, 3.8) is 0 Å². The zero-order chi connectivity index (χ0) is 6.78. The molecular formula is C4H5ClF3. The van der Waals surface area contributed by atoms with Crippen molar-refractivity contribution in [1.29, 1.82) is 0 Å². The summed E-state index contributed by atoms with van der Waals surface area (Å²) in [6.07, 6.45) is -2.83. The van der Waals surface area contributed by atoms with Crippen LogP contribution >= 0.6 is 11.6 Å². The van der Waals surface area contributed by atoms with Crippen molar-refractivity contribution in [2.45, 2.75) is 18.0 Å². The van der Waals surface area contributed by atoms with Crippen molar-refractivity contribution in [2.24, 2.45) is 0 Å². The molecule has 8 heavy (non-hydrogen) atoms. The lowest BCUT2D eigenvalue weighted by Gasteiger charge is -2.09. The van der Waals surface area contributed by atoms with Crippen LogP contribution in [0.3, 0.4) is 0 Å². The maximum absolute atomic E-state index is 11.7. The fourth-order valence-corrected chi connectivity index (χ4v) is 0.273. The van der Waals surface area contributed by atoms with Crippen molar-refractivity contribution in [2.75, 3.05) is 0 Å². The quantitative estimate of drug-likeness (QED) is 0.524. The molecule has 0 bridgehead atoms. The summed E-state index contributed by atoms with van der Waals surface area (Å²) in [5, 5.41) is -3.75. The Morgan fingerprint density at radius 1 is 1.62 bits per heavy atom. The summed E-state index contributed by atoms with van der Waals surface area (Å²) in [5.41, 5.74) is 0. The summed E-state index contributed by atoms with van der Waals surface area (Å²) in [6, 6.07) is 0. The molecule has 0 aliphatic carbocycles. The molecule has 0 N–H and O–H groups in total. The van der Waals surface area contributed by atoms with Gasteiger partial charge in [0, 0.05) is 0 Å². The standard InChI is InChI=1S/C4H5ClF3/c1-2-3(6)4(5,7)8/h3H,1-2H2. The van der Waals surface area contributed by atoms with Crippen LogP contribution in [0.5, 0.6) is 0 Å². The van der Waals surface area contributed by atoms with Gasteiger partial charge >= 0.3 is 5.38 Å². The van der Waals surface area contributed by atoms with Crippen molar-refractivity contribution >= 4 is 11.6 Å². The van der Waals surface area contributed by atoms with E-state index in [-0.39, 0.29) is 0 Å². The highest BCUT2D eigenvalue weighted by Crippen LogP contribution is 2.27. The average molecular weight is 146 g/mol. The molecule has 1 unspecified atom stereocenters. The lowest BCUT2D eigenvalue weighted by Crippen LogP contribution is -2.21. The third-order valence-electron chi connectivity index (χ3n) is 0.609. The van der Waals surface area contributed by atoms with Crippen molar-refractivity contribution in [3.05, 3.63) is 6.92 Å². The van der Waals surface area contributed by atoms with E-state index in [0.717, 1.165) is 0 Å². The van der Waals surface area contributed by atoms with Gasteiger partial charge in [0.05, 0.1) is 0 Å². The Balaban J connectivity index is 3.62. The highest BCUT2D eigenvalue weighted by Gasteiger charge is 2.35. The van der Waals surface area contributed by atoms with Gasteiger partial charge in [0.25, 0.3) is 0 Å². The van der Waals surface area contributed by atoms with Crippen LogP contribution in [0.4, 0.5) is 13.2 Å². The van der Waals surface area contributed by atoms with Crippen LogP contribution in [0.1, 0.15) is 6.42 Å². The van der Waals surface area contributed by atoms with E-state index in [1.165, 1.54) is 0 Å². The summed E-state index contributed by atoms with van der Waals surface area (Å²) in [4.78, 5) is 0. The minimum absolute atomic E-state index is 0.503. The Hall–Kier alpha value is 0.0800. The molecule has 0 heterocycles. The van der Waals surface area contributed by atoms with Crippen LogP contribution in [0, 0.1) is 6.92 Å². The number of halogens is 4. The second-order valence-electron chi connectivity index (χ2n) is 1.30. The molecule has 0 saturated carbocycles. The highest BCUT2D eigenvalue weighted by atomic mass is 35.5. The lowest BCUT2D eigenvalue weighted by molar-refractivity contribution is 0.00810. The number of hydrogen-bond acceptors (Lipinski definition) is 0. The minimum Gasteiger partial charge on any atom is -0.239 e. The molecule has 0 aliphatic rings. The predicted octanol–water partition coefficient (Wildman–Crippen LogP) is 2.38. The molecule has 0 saturated heterocycles. The van der Waals surface area contributed by atoms with E-state index in [9.17, 15) is 13.2 Å². The molecule has 0 aromatic carbocycles. The van der Waals surface area contributed by atoms with Gasteiger partial charge in [-0.3, -0.25) is 0 Å². The van der Waals surface area contributed by atoms with Gasteiger partial charge in [-0.1, -0.05) is 6.92 Å². The van der Waals surface area contributed by atoms with E-state index in [4.69, 9.17) is 0 Å². The second kappa shape index (κ2) is 2.58. The van der Waals surface area contributed by atoms with Gasteiger partial charge in [-0.05, 0) is 18.0 Å². The fraction of sp³-hybridized carbons (Fsp3) is 0.750. The van der Waals surface area contributed by atoms with Crippen LogP contribution in [0.2, 0.25) is 0 Å². The molecule has 4 heteroatoms. The SMILES string of the molecule is [CH2]CC(F)C(F)(F)Cl. The van der Waals surface area contributed by atoms with Crippen molar-refractivity contribution < 1.29 is 13.2 Å². The van der Waals surface area contributed by atoms with E-state index in [1.807, 2.05) is 0 Å². The van der Waals surface area contributed by atoms with E-state index in [0.29, 0.717) is 0 Å². The normalized spacial score (nSPS) is 16.1. The number of rotatable bonds is 2. The van der Waals surface area contributed by atoms with Gasteiger partial charge in [-0.25, -0.2) is 4.39 Å². The molecule has 0 nitrogen and oxygen atoms in total. The summed E-state index contributed by atoms with van der Waals surface area (Å²) in [5.74, 6) is 0. The van der Waals surface area contributed by atoms with Gasteiger partial charge < -0.3 is 0 Å². The monoisotopic (exact) mass is 145 g/mol. The zero-order valence-corrected chi connectivity index (χ0v) is 4.76. The molecule has 0 aromatic heterocycles. The first-order valence-corrected chi connectivity index (χ1v) is 2.36. The molecule has 1 radical (unpaired) electrons. The highest BCUT2D eigenvalue weighted by molar-refractivity contribution is 6.22. The number of alkyl halides is 4. The van der Waals surface area contributed by atoms with E-state index >= 15 is 0 Å². The second-order valence-corrected chi connectivity index (χ2v) is 1.80. The molecule has 0 spiro atoms. The largest absolute Gasteiger partial charge is 0.352 e. The van der Waals surface area contributed by atoms with Gasteiger partial charge in [0.2, 0.25) is 0 Å². The zero-order valence-electron chi connectivity index (χ0n) is 4.00. The van der Waals surface area contributed by atoms with Crippen molar-refractivity contribution in [1.82, 2.24) is 0 Å². The smallest absolute Gasteiger partial charge is 0.239 e. The molecule has 49 valence electrons. The topological polar surface area (TPSA) is 0 Å². The lowest BCUT2D eigenvalue weighted by atomic mass is 10.3. The molecular weight excluding hydrogens is 140 g/mol. The fourth-order valence-electron chi connectivity index (χ4n) is 0.164. The predicted molar refractivity (Wildman–Crippen MR) is 25.7 cm³/mol. The van der Waals surface area contributed by atoms with Gasteiger partial charge in [0.1, 0.15) is 0 Å². The molecule has 0 amide bonds. The molecule has 1 atom stereocenters. The Labute approximate surface area is 50.6 Å². The Morgan fingerprint density at radius 2 is 2.00 bits per heavy atom. The van der Waals surface area contributed by atoms with Gasteiger partial charge in [0.15, 0.2) is 6.17 Å². The molecule has 0 aromatic rings. The first kappa shape index (κ1) is 8.08. The maximum Gasteiger partial charge on any atom is 0.352 e. The minimum atomic E-state index is -3.75. The van der Waals surface area contributed by atoms with Crippen LogP contribution in [-0.2, 0) is 0 Å². The molecule has 0 rings (SSSR count). The maximum atomic E-state index is 11.7. The molecule has 0 fully saturated rings. The van der Waals surface area contributed by atoms with E-state index < -0.39 is 18.0 Å². The molecule has 0 aliphatic heterocycles. The van der Waals surface area contributed by atoms with Gasteiger partial charge in [-0.2, -0.15) is 8.78 Å². The summed E-state index contributed by atoms with van der Waals surface area (Å²) < 4.78 is 34.6. The summed E-state index contributed by atoms with van der Waals surface area (Å²) in [6.45, 7) is 2.91. The average Bonchev–Trinajstić information content (AvgIpc) is 1.62. The Bertz CT molecular complexity index is 68.2. The van der Waals surface area contributed by atoms with E-state index in [2.05, 4.69) is 18.5 Å². The first-order valence-electron chi connectivity index (χ1n) is 1.98. The van der Waals surface area contributed by atoms with Gasteiger partial charge in [-0.15, -0.1) is 0 Å². The Morgan fingerprint density at radius 3 is 2.00 bits per heavy atom. The van der Waals surface area contributed by atoms with Crippen LogP contribution < -0.4 is 0 Å². The van der Waals surface area contributed by atoms with Crippen molar-refractivity contribution in [3.8, 4) is 0 Å².